The summed E-state index contributed by atoms with van der Waals surface area (Å²) in [5.41, 5.74) is 1.99. The van der Waals surface area contributed by atoms with E-state index in [1.54, 1.807) is 0 Å². The second-order valence-electron chi connectivity index (χ2n) is 3.68. The molecule has 0 saturated heterocycles. The molecule has 1 aromatic carbocycles. The van der Waals surface area contributed by atoms with Crippen LogP contribution in [0.1, 0.15) is 18.1 Å². The van der Waals surface area contributed by atoms with Crippen molar-refractivity contribution in [2.75, 3.05) is 0 Å². The van der Waals surface area contributed by atoms with Crippen molar-refractivity contribution in [2.24, 2.45) is 0 Å². The number of benzene rings is 1. The van der Waals surface area contributed by atoms with Crippen LogP contribution in [0, 0.1) is 6.92 Å². The third kappa shape index (κ3) is 1.50. The predicted octanol–water partition coefficient (Wildman–Crippen LogP) is 2.10. The van der Waals surface area contributed by atoms with Gasteiger partial charge in [-0.3, -0.25) is 4.79 Å². The molecule has 78 valence electrons. The van der Waals surface area contributed by atoms with Gasteiger partial charge >= 0.3 is 0 Å². The number of H-pyrrole nitrogens is 1. The Labute approximate surface area is 87.4 Å². The van der Waals surface area contributed by atoms with E-state index < -0.39 is 0 Å². The fraction of sp³-hybridized carbons (Fsp3) is 0.250. The Hall–Kier alpha value is -1.77. The SMILES string of the molecule is CCc1c(O)c2cc(C)ccc2[nH]c1=O. The molecule has 0 amide bonds. The molecule has 0 fully saturated rings. The highest BCUT2D eigenvalue weighted by atomic mass is 16.3. The zero-order valence-electron chi connectivity index (χ0n) is 8.79. The summed E-state index contributed by atoms with van der Waals surface area (Å²) in [6.45, 7) is 3.81. The van der Waals surface area contributed by atoms with Gasteiger partial charge in [-0.1, -0.05) is 18.6 Å². The van der Waals surface area contributed by atoms with Crippen LogP contribution >= 0.6 is 0 Å². The number of aromatic hydroxyl groups is 1. The Morgan fingerprint density at radius 3 is 2.80 bits per heavy atom. The molecule has 0 aliphatic rings. The molecule has 2 N–H and O–H groups in total. The van der Waals surface area contributed by atoms with E-state index in [1.165, 1.54) is 0 Å². The maximum absolute atomic E-state index is 11.6. The summed E-state index contributed by atoms with van der Waals surface area (Å²) in [5.74, 6) is 0.111. The smallest absolute Gasteiger partial charge is 0.255 e. The van der Waals surface area contributed by atoms with Gasteiger partial charge in [-0.25, -0.2) is 0 Å². The molecule has 0 saturated carbocycles. The first-order chi connectivity index (χ1) is 7.13. The van der Waals surface area contributed by atoms with Crippen LogP contribution in [0.15, 0.2) is 23.0 Å². The first-order valence-corrected chi connectivity index (χ1v) is 4.98. The molecule has 0 unspecified atom stereocenters. The molecule has 0 aliphatic heterocycles. The number of hydrogen-bond donors (Lipinski definition) is 2. The van der Waals surface area contributed by atoms with E-state index in [-0.39, 0.29) is 11.3 Å². The molecule has 1 heterocycles. The van der Waals surface area contributed by atoms with Gasteiger partial charge < -0.3 is 10.1 Å². The summed E-state index contributed by atoms with van der Waals surface area (Å²) >= 11 is 0. The number of fused-ring (bicyclic) bond motifs is 1. The van der Waals surface area contributed by atoms with Crippen molar-refractivity contribution in [2.45, 2.75) is 20.3 Å². The van der Waals surface area contributed by atoms with Crippen molar-refractivity contribution in [1.29, 1.82) is 0 Å². The van der Waals surface area contributed by atoms with E-state index in [4.69, 9.17) is 0 Å². The lowest BCUT2D eigenvalue weighted by molar-refractivity contribution is 0.473. The van der Waals surface area contributed by atoms with Crippen molar-refractivity contribution in [1.82, 2.24) is 4.98 Å². The highest BCUT2D eigenvalue weighted by Gasteiger charge is 2.09. The quantitative estimate of drug-likeness (QED) is 0.745. The summed E-state index contributed by atoms with van der Waals surface area (Å²) in [6.07, 6.45) is 0.533. The highest BCUT2D eigenvalue weighted by Crippen LogP contribution is 2.25. The predicted molar refractivity (Wildman–Crippen MR) is 60.3 cm³/mol. The average Bonchev–Trinajstić information content (AvgIpc) is 2.20. The van der Waals surface area contributed by atoms with Crippen LogP contribution < -0.4 is 5.56 Å². The van der Waals surface area contributed by atoms with E-state index in [0.717, 1.165) is 5.56 Å². The number of aromatic amines is 1. The highest BCUT2D eigenvalue weighted by molar-refractivity contribution is 5.86. The van der Waals surface area contributed by atoms with E-state index in [2.05, 4.69) is 4.98 Å². The zero-order chi connectivity index (χ0) is 11.0. The summed E-state index contributed by atoms with van der Waals surface area (Å²) in [4.78, 5) is 14.3. The van der Waals surface area contributed by atoms with Gasteiger partial charge in [0, 0.05) is 5.39 Å². The maximum atomic E-state index is 11.6. The third-order valence-electron chi connectivity index (χ3n) is 2.59. The molecule has 2 aromatic rings. The second-order valence-corrected chi connectivity index (χ2v) is 3.68. The van der Waals surface area contributed by atoms with Crippen LogP contribution in [0.2, 0.25) is 0 Å². The Morgan fingerprint density at radius 1 is 1.40 bits per heavy atom. The molecule has 2 rings (SSSR count). The van der Waals surface area contributed by atoms with Gasteiger partial charge in [-0.2, -0.15) is 0 Å². The standard InChI is InChI=1S/C12H13NO2/c1-3-8-11(14)9-6-7(2)4-5-10(9)13-12(8)15/h4-6H,3H2,1-2H3,(H2,13,14,15). The van der Waals surface area contributed by atoms with Crippen molar-refractivity contribution < 1.29 is 5.11 Å². The minimum absolute atomic E-state index is 0.111. The summed E-state index contributed by atoms with van der Waals surface area (Å²) in [6, 6.07) is 5.59. The molecule has 1 aromatic heterocycles. The van der Waals surface area contributed by atoms with Crippen LogP contribution in [-0.2, 0) is 6.42 Å². The largest absolute Gasteiger partial charge is 0.507 e. The monoisotopic (exact) mass is 203 g/mol. The van der Waals surface area contributed by atoms with Gasteiger partial charge in [0.15, 0.2) is 0 Å². The molecule has 0 atom stereocenters. The minimum atomic E-state index is -0.202. The Morgan fingerprint density at radius 2 is 2.13 bits per heavy atom. The summed E-state index contributed by atoms with van der Waals surface area (Å²) in [5, 5.41) is 10.6. The van der Waals surface area contributed by atoms with Crippen LogP contribution in [0.25, 0.3) is 10.9 Å². The van der Waals surface area contributed by atoms with Gasteiger partial charge in [0.1, 0.15) is 5.75 Å². The molecule has 15 heavy (non-hydrogen) atoms. The lowest BCUT2D eigenvalue weighted by atomic mass is 10.1. The fourth-order valence-electron chi connectivity index (χ4n) is 1.76. The van der Waals surface area contributed by atoms with Gasteiger partial charge in [-0.05, 0) is 25.5 Å². The molecule has 0 radical (unpaired) electrons. The van der Waals surface area contributed by atoms with Gasteiger partial charge in [0.25, 0.3) is 5.56 Å². The van der Waals surface area contributed by atoms with Crippen molar-refractivity contribution in [3.63, 3.8) is 0 Å². The number of pyridine rings is 1. The molecule has 3 nitrogen and oxygen atoms in total. The summed E-state index contributed by atoms with van der Waals surface area (Å²) in [7, 11) is 0. The van der Waals surface area contributed by atoms with E-state index in [9.17, 15) is 9.90 Å². The average molecular weight is 203 g/mol. The Bertz CT molecular complexity index is 570. The topological polar surface area (TPSA) is 53.1 Å². The zero-order valence-corrected chi connectivity index (χ0v) is 8.79. The number of nitrogens with one attached hydrogen (secondary N) is 1. The van der Waals surface area contributed by atoms with E-state index in [1.807, 2.05) is 32.0 Å². The second kappa shape index (κ2) is 3.42. The fourth-order valence-corrected chi connectivity index (χ4v) is 1.76. The van der Waals surface area contributed by atoms with Crippen molar-refractivity contribution in [3.8, 4) is 5.75 Å². The van der Waals surface area contributed by atoms with E-state index in [0.29, 0.717) is 22.9 Å². The molecule has 3 heteroatoms. The number of aryl methyl sites for hydroxylation is 1. The third-order valence-corrected chi connectivity index (χ3v) is 2.59. The molecular formula is C12H13NO2. The Balaban J connectivity index is 2.92. The van der Waals surface area contributed by atoms with Gasteiger partial charge in [-0.15, -0.1) is 0 Å². The number of rotatable bonds is 1. The lowest BCUT2D eigenvalue weighted by Crippen LogP contribution is -2.11. The van der Waals surface area contributed by atoms with Crippen LogP contribution in [-0.4, -0.2) is 10.1 Å². The van der Waals surface area contributed by atoms with Crippen LogP contribution in [0.5, 0.6) is 5.75 Å². The van der Waals surface area contributed by atoms with Crippen molar-refractivity contribution in [3.05, 3.63) is 39.7 Å². The van der Waals surface area contributed by atoms with Crippen molar-refractivity contribution >= 4 is 10.9 Å². The number of hydrogen-bond acceptors (Lipinski definition) is 2. The number of aromatic nitrogens is 1. The van der Waals surface area contributed by atoms with Crippen LogP contribution in [0.4, 0.5) is 0 Å². The minimum Gasteiger partial charge on any atom is -0.507 e. The van der Waals surface area contributed by atoms with Crippen LogP contribution in [0.3, 0.4) is 0 Å². The van der Waals surface area contributed by atoms with Gasteiger partial charge in [0.05, 0.1) is 11.1 Å². The maximum Gasteiger partial charge on any atom is 0.255 e. The molecular weight excluding hydrogens is 190 g/mol. The summed E-state index contributed by atoms with van der Waals surface area (Å²) < 4.78 is 0. The molecule has 0 bridgehead atoms. The van der Waals surface area contributed by atoms with Gasteiger partial charge in [0.2, 0.25) is 0 Å². The van der Waals surface area contributed by atoms with E-state index >= 15 is 0 Å². The Kier molecular flexibility index (Phi) is 2.23. The molecule has 0 aliphatic carbocycles. The lowest BCUT2D eigenvalue weighted by Gasteiger charge is -2.06. The first kappa shape index (κ1) is 9.77. The first-order valence-electron chi connectivity index (χ1n) is 4.98. The molecule has 0 spiro atoms. The normalized spacial score (nSPS) is 10.8.